The molecule has 0 saturated carbocycles. The molecule has 0 aromatic heterocycles. The van der Waals surface area contributed by atoms with Gasteiger partial charge in [0.1, 0.15) is 0 Å². The van der Waals surface area contributed by atoms with E-state index in [-0.39, 0.29) is 5.91 Å². The fourth-order valence-corrected chi connectivity index (χ4v) is 2.47. The number of carbonyl (C=O) groups excluding carboxylic acids is 1. The zero-order valence-corrected chi connectivity index (χ0v) is 11.9. The maximum atomic E-state index is 12.4. The van der Waals surface area contributed by atoms with Gasteiger partial charge in [-0.05, 0) is 41.1 Å². The molecule has 0 spiro atoms. The van der Waals surface area contributed by atoms with Crippen molar-refractivity contribution in [2.75, 3.05) is 19.6 Å². The fourth-order valence-electron chi connectivity index (χ4n) is 1.88. The summed E-state index contributed by atoms with van der Waals surface area (Å²) < 4.78 is 0.789. The second-order valence-corrected chi connectivity index (χ2v) is 5.32. The first-order valence-corrected chi connectivity index (χ1v) is 6.77. The molecule has 92 valence electrons. The van der Waals surface area contributed by atoms with Crippen molar-refractivity contribution in [2.45, 2.75) is 13.0 Å². The molecule has 2 rings (SSSR count). The number of likely N-dealkylation sites (N-methyl/N-ethyl adjacent to an activating group) is 1. The third kappa shape index (κ3) is 2.64. The largest absolute Gasteiger partial charge is 0.333 e. The summed E-state index contributed by atoms with van der Waals surface area (Å²) in [6, 6.07) is 5.59. The van der Waals surface area contributed by atoms with Crippen LogP contribution in [-0.2, 0) is 0 Å². The molecule has 3 nitrogen and oxygen atoms in total. The lowest BCUT2D eigenvalue weighted by molar-refractivity contribution is 0.0629. The van der Waals surface area contributed by atoms with E-state index in [1.54, 1.807) is 12.1 Å². The van der Waals surface area contributed by atoms with Crippen molar-refractivity contribution in [3.05, 3.63) is 33.3 Å². The minimum absolute atomic E-state index is 0.0355. The molecule has 1 aromatic rings. The Labute approximate surface area is 114 Å². The van der Waals surface area contributed by atoms with E-state index in [9.17, 15) is 4.79 Å². The SMILES string of the molecule is CCN(C(=O)c1cc(Cl)ccc1Br)C1CNC1. The van der Waals surface area contributed by atoms with E-state index in [1.807, 2.05) is 17.9 Å². The first kappa shape index (κ1) is 12.9. The van der Waals surface area contributed by atoms with Crippen molar-refractivity contribution in [1.82, 2.24) is 10.2 Å². The Hall–Kier alpha value is -0.580. The summed E-state index contributed by atoms with van der Waals surface area (Å²) >= 11 is 9.33. The molecule has 17 heavy (non-hydrogen) atoms. The molecule has 1 aliphatic heterocycles. The first-order valence-electron chi connectivity index (χ1n) is 5.60. The van der Waals surface area contributed by atoms with E-state index in [4.69, 9.17) is 11.6 Å². The lowest BCUT2D eigenvalue weighted by atomic mass is 10.1. The van der Waals surface area contributed by atoms with Crippen molar-refractivity contribution >= 4 is 33.4 Å². The van der Waals surface area contributed by atoms with Gasteiger partial charge in [0, 0.05) is 29.1 Å². The predicted molar refractivity (Wildman–Crippen MR) is 72.5 cm³/mol. The Morgan fingerprint density at radius 2 is 2.29 bits per heavy atom. The number of benzene rings is 1. The molecular weight excluding hydrogens is 304 g/mol. The zero-order valence-electron chi connectivity index (χ0n) is 9.54. The molecule has 0 unspecified atom stereocenters. The summed E-state index contributed by atoms with van der Waals surface area (Å²) in [5.74, 6) is 0.0355. The number of amides is 1. The Morgan fingerprint density at radius 3 is 2.82 bits per heavy atom. The molecule has 1 aromatic carbocycles. The van der Waals surface area contributed by atoms with Gasteiger partial charge in [0.05, 0.1) is 11.6 Å². The minimum atomic E-state index is 0.0355. The van der Waals surface area contributed by atoms with E-state index in [0.29, 0.717) is 23.2 Å². The topological polar surface area (TPSA) is 32.3 Å². The lowest BCUT2D eigenvalue weighted by Crippen LogP contribution is -2.58. The van der Waals surface area contributed by atoms with Gasteiger partial charge < -0.3 is 10.2 Å². The van der Waals surface area contributed by atoms with Gasteiger partial charge in [-0.3, -0.25) is 4.79 Å². The van der Waals surface area contributed by atoms with Gasteiger partial charge in [0.25, 0.3) is 5.91 Å². The molecule has 0 atom stereocenters. The standard InChI is InChI=1S/C12H14BrClN2O/c1-2-16(9-6-15-7-9)12(17)10-5-8(14)3-4-11(10)13/h3-5,9,15H,2,6-7H2,1H3. The number of halogens is 2. The summed E-state index contributed by atoms with van der Waals surface area (Å²) in [5.41, 5.74) is 0.631. The molecule has 0 radical (unpaired) electrons. The van der Waals surface area contributed by atoms with Crippen molar-refractivity contribution in [3.8, 4) is 0 Å². The van der Waals surface area contributed by atoms with Gasteiger partial charge in [-0.2, -0.15) is 0 Å². The van der Waals surface area contributed by atoms with Gasteiger partial charge in [-0.25, -0.2) is 0 Å². The molecule has 5 heteroatoms. The molecule has 1 fully saturated rings. The van der Waals surface area contributed by atoms with E-state index < -0.39 is 0 Å². The van der Waals surface area contributed by atoms with Crippen LogP contribution in [0.3, 0.4) is 0 Å². The highest BCUT2D eigenvalue weighted by molar-refractivity contribution is 9.10. The van der Waals surface area contributed by atoms with Crippen LogP contribution in [0.1, 0.15) is 17.3 Å². The number of nitrogens with one attached hydrogen (secondary N) is 1. The highest BCUT2D eigenvalue weighted by Crippen LogP contribution is 2.23. The summed E-state index contributed by atoms with van der Waals surface area (Å²) in [4.78, 5) is 14.3. The predicted octanol–water partition coefficient (Wildman–Crippen LogP) is 2.54. The molecular formula is C12H14BrClN2O. The first-order chi connectivity index (χ1) is 8.13. The third-order valence-electron chi connectivity index (χ3n) is 2.96. The minimum Gasteiger partial charge on any atom is -0.333 e. The fraction of sp³-hybridized carbons (Fsp3) is 0.417. The van der Waals surface area contributed by atoms with Crippen molar-refractivity contribution in [1.29, 1.82) is 0 Å². The number of nitrogens with zero attached hydrogens (tertiary/aromatic N) is 1. The van der Waals surface area contributed by atoms with Gasteiger partial charge >= 0.3 is 0 Å². The summed E-state index contributed by atoms with van der Waals surface area (Å²) in [7, 11) is 0. The highest BCUT2D eigenvalue weighted by Gasteiger charge is 2.28. The third-order valence-corrected chi connectivity index (χ3v) is 3.89. The Kier molecular flexibility index (Phi) is 4.07. The normalized spacial score (nSPS) is 15.5. The average Bonchev–Trinajstić information content (AvgIpc) is 2.25. The van der Waals surface area contributed by atoms with E-state index in [2.05, 4.69) is 21.2 Å². The quantitative estimate of drug-likeness (QED) is 0.929. The maximum Gasteiger partial charge on any atom is 0.255 e. The van der Waals surface area contributed by atoms with E-state index in [0.717, 1.165) is 17.6 Å². The van der Waals surface area contributed by atoms with Crippen LogP contribution in [0.2, 0.25) is 5.02 Å². The zero-order chi connectivity index (χ0) is 12.4. The van der Waals surface area contributed by atoms with Crippen molar-refractivity contribution in [3.63, 3.8) is 0 Å². The van der Waals surface area contributed by atoms with Crippen LogP contribution in [0, 0.1) is 0 Å². The second-order valence-electron chi connectivity index (χ2n) is 4.03. The Morgan fingerprint density at radius 1 is 1.59 bits per heavy atom. The molecule has 1 saturated heterocycles. The van der Waals surface area contributed by atoms with E-state index in [1.165, 1.54) is 0 Å². The van der Waals surface area contributed by atoms with Crippen LogP contribution in [-0.4, -0.2) is 36.5 Å². The summed E-state index contributed by atoms with van der Waals surface area (Å²) in [6.45, 7) is 4.45. The number of carbonyl (C=O) groups is 1. The average molecular weight is 318 g/mol. The van der Waals surface area contributed by atoms with E-state index >= 15 is 0 Å². The molecule has 1 amide bonds. The van der Waals surface area contributed by atoms with Gasteiger partial charge in [0.15, 0.2) is 0 Å². The number of rotatable bonds is 3. The maximum absolute atomic E-state index is 12.4. The van der Waals surface area contributed by atoms with Gasteiger partial charge in [-0.15, -0.1) is 0 Å². The van der Waals surface area contributed by atoms with Crippen molar-refractivity contribution in [2.24, 2.45) is 0 Å². The van der Waals surface area contributed by atoms with Crippen LogP contribution in [0.5, 0.6) is 0 Å². The second kappa shape index (κ2) is 5.38. The summed E-state index contributed by atoms with van der Waals surface area (Å²) in [6.07, 6.45) is 0. The van der Waals surface area contributed by atoms with Crippen LogP contribution < -0.4 is 5.32 Å². The van der Waals surface area contributed by atoms with Crippen molar-refractivity contribution < 1.29 is 4.79 Å². The smallest absolute Gasteiger partial charge is 0.255 e. The molecule has 1 heterocycles. The Balaban J connectivity index is 2.25. The molecule has 1 N–H and O–H groups in total. The Bertz CT molecular complexity index is 435. The van der Waals surface area contributed by atoms with Crippen LogP contribution in [0.15, 0.2) is 22.7 Å². The molecule has 1 aliphatic rings. The molecule has 0 aliphatic carbocycles. The number of hydrogen-bond donors (Lipinski definition) is 1. The van der Waals surface area contributed by atoms with Crippen LogP contribution in [0.4, 0.5) is 0 Å². The highest BCUT2D eigenvalue weighted by atomic mass is 79.9. The van der Waals surface area contributed by atoms with Gasteiger partial charge in [-0.1, -0.05) is 11.6 Å². The number of hydrogen-bond acceptors (Lipinski definition) is 2. The lowest BCUT2D eigenvalue weighted by Gasteiger charge is -2.37. The van der Waals surface area contributed by atoms with Crippen LogP contribution in [0.25, 0.3) is 0 Å². The van der Waals surface area contributed by atoms with Gasteiger partial charge in [0.2, 0.25) is 0 Å². The monoisotopic (exact) mass is 316 g/mol. The molecule has 0 bridgehead atoms. The summed E-state index contributed by atoms with van der Waals surface area (Å²) in [5, 5.41) is 3.76. The van der Waals surface area contributed by atoms with Crippen LogP contribution >= 0.6 is 27.5 Å².